The molecule has 0 bridgehead atoms. The maximum absolute atomic E-state index is 11.4. The average molecular weight is 231 g/mol. The second-order valence-electron chi connectivity index (χ2n) is 4.16. The number of imidazole rings is 1. The van der Waals surface area contributed by atoms with Crippen molar-refractivity contribution >= 4 is 11.9 Å². The average Bonchev–Trinajstić information content (AvgIpc) is 2.89. The summed E-state index contributed by atoms with van der Waals surface area (Å²) in [6.07, 6.45) is 3.82. The van der Waals surface area contributed by atoms with E-state index in [0.717, 1.165) is 23.9 Å². The van der Waals surface area contributed by atoms with Crippen molar-refractivity contribution in [3.05, 3.63) is 18.5 Å². The van der Waals surface area contributed by atoms with Crippen molar-refractivity contribution in [3.63, 3.8) is 0 Å². The van der Waals surface area contributed by atoms with E-state index in [1.807, 2.05) is 30.1 Å². The molecule has 0 spiro atoms. The molecule has 0 saturated carbocycles. The van der Waals surface area contributed by atoms with E-state index in [4.69, 9.17) is 0 Å². The van der Waals surface area contributed by atoms with Crippen LogP contribution in [-0.2, 0) is 18.4 Å². The zero-order chi connectivity index (χ0) is 12.0. The summed E-state index contributed by atoms with van der Waals surface area (Å²) in [5, 5.41) is 4.30. The van der Waals surface area contributed by atoms with Crippen LogP contribution in [0.5, 0.6) is 0 Å². The summed E-state index contributed by atoms with van der Waals surface area (Å²) in [6.45, 7) is 3.07. The summed E-state index contributed by atoms with van der Waals surface area (Å²) >= 11 is 0. The van der Waals surface area contributed by atoms with Gasteiger partial charge in [0, 0.05) is 39.5 Å². The third-order valence-electron chi connectivity index (χ3n) is 2.92. The quantitative estimate of drug-likeness (QED) is 0.724. The lowest BCUT2D eigenvalue weighted by Crippen LogP contribution is -2.26. The number of fused-ring (bicyclic) bond motifs is 1. The Hall–Kier alpha value is -2.11. The van der Waals surface area contributed by atoms with Crippen molar-refractivity contribution in [1.82, 2.24) is 19.3 Å². The lowest BCUT2D eigenvalue weighted by atomic mass is 10.3. The monoisotopic (exact) mass is 231 g/mol. The van der Waals surface area contributed by atoms with Crippen LogP contribution in [0.15, 0.2) is 18.5 Å². The van der Waals surface area contributed by atoms with Crippen molar-refractivity contribution in [2.24, 2.45) is 7.05 Å². The molecule has 0 atom stereocenters. The van der Waals surface area contributed by atoms with Crippen LogP contribution in [0.3, 0.4) is 0 Å². The Morgan fingerprint density at radius 2 is 2.18 bits per heavy atom. The van der Waals surface area contributed by atoms with Crippen LogP contribution < -0.4 is 4.90 Å². The summed E-state index contributed by atoms with van der Waals surface area (Å²) in [7, 11) is 1.87. The molecule has 1 aliphatic heterocycles. The van der Waals surface area contributed by atoms with Crippen LogP contribution in [0.25, 0.3) is 11.4 Å². The van der Waals surface area contributed by atoms with Crippen molar-refractivity contribution in [2.45, 2.75) is 13.5 Å². The van der Waals surface area contributed by atoms with Crippen molar-refractivity contribution in [3.8, 4) is 11.4 Å². The van der Waals surface area contributed by atoms with Gasteiger partial charge in [0.25, 0.3) is 0 Å². The summed E-state index contributed by atoms with van der Waals surface area (Å²) in [5.41, 5.74) is 1.64. The van der Waals surface area contributed by atoms with Crippen LogP contribution in [0.2, 0.25) is 0 Å². The summed E-state index contributed by atoms with van der Waals surface area (Å²) in [5.74, 6) is 0.750. The number of hydrogen-bond donors (Lipinski definition) is 0. The fourth-order valence-corrected chi connectivity index (χ4v) is 2.07. The first kappa shape index (κ1) is 10.1. The molecule has 0 radical (unpaired) electrons. The van der Waals surface area contributed by atoms with Crippen LogP contribution in [-0.4, -0.2) is 31.8 Å². The molecule has 2 aromatic heterocycles. The molecular formula is C11H13N5O. The molecule has 0 fully saturated rings. The minimum Gasteiger partial charge on any atom is -0.314 e. The van der Waals surface area contributed by atoms with Gasteiger partial charge in [0.2, 0.25) is 11.9 Å². The zero-order valence-electron chi connectivity index (χ0n) is 9.79. The molecule has 2 aromatic rings. The van der Waals surface area contributed by atoms with Gasteiger partial charge in [0.05, 0.1) is 0 Å². The van der Waals surface area contributed by atoms with Gasteiger partial charge in [-0.05, 0) is 6.07 Å². The maximum Gasteiger partial charge on any atom is 0.226 e. The second-order valence-corrected chi connectivity index (χ2v) is 4.16. The Morgan fingerprint density at radius 1 is 1.35 bits per heavy atom. The molecule has 0 saturated heterocycles. The maximum atomic E-state index is 11.4. The molecule has 1 aliphatic rings. The topological polar surface area (TPSA) is 56.0 Å². The van der Waals surface area contributed by atoms with E-state index in [1.165, 1.54) is 0 Å². The minimum atomic E-state index is 0.0296. The van der Waals surface area contributed by atoms with Crippen LogP contribution >= 0.6 is 0 Å². The van der Waals surface area contributed by atoms with Gasteiger partial charge < -0.3 is 4.57 Å². The highest BCUT2D eigenvalue weighted by Crippen LogP contribution is 2.25. The van der Waals surface area contributed by atoms with E-state index < -0.39 is 0 Å². The van der Waals surface area contributed by atoms with Gasteiger partial charge >= 0.3 is 0 Å². The van der Waals surface area contributed by atoms with Crippen molar-refractivity contribution in [1.29, 1.82) is 0 Å². The third kappa shape index (κ3) is 1.52. The normalized spacial score (nSPS) is 14.1. The molecule has 88 valence electrons. The predicted molar refractivity (Wildman–Crippen MR) is 62.5 cm³/mol. The fourth-order valence-electron chi connectivity index (χ4n) is 2.07. The zero-order valence-corrected chi connectivity index (χ0v) is 9.79. The first-order chi connectivity index (χ1) is 8.15. The number of amides is 1. The summed E-state index contributed by atoms with van der Waals surface area (Å²) in [6, 6.07) is 1.91. The predicted octanol–water partition coefficient (Wildman–Crippen LogP) is 0.650. The van der Waals surface area contributed by atoms with E-state index >= 15 is 0 Å². The van der Waals surface area contributed by atoms with Gasteiger partial charge in [-0.3, -0.25) is 14.4 Å². The van der Waals surface area contributed by atoms with Crippen molar-refractivity contribution < 1.29 is 4.79 Å². The number of nitrogens with zero attached hydrogens (tertiary/aromatic N) is 5. The number of aryl methyl sites for hydroxylation is 1. The molecule has 17 heavy (non-hydrogen) atoms. The highest BCUT2D eigenvalue weighted by Gasteiger charge is 2.25. The van der Waals surface area contributed by atoms with E-state index in [0.29, 0.717) is 6.54 Å². The fraction of sp³-hybridized carbons (Fsp3) is 0.364. The van der Waals surface area contributed by atoms with E-state index in [9.17, 15) is 4.79 Å². The molecule has 1 amide bonds. The van der Waals surface area contributed by atoms with Crippen LogP contribution in [0.1, 0.15) is 6.92 Å². The molecule has 0 N–H and O–H groups in total. The summed E-state index contributed by atoms with van der Waals surface area (Å²) in [4.78, 5) is 17.6. The molecular weight excluding hydrogens is 218 g/mol. The molecule has 3 rings (SSSR count). The minimum absolute atomic E-state index is 0.0296. The Kier molecular flexibility index (Phi) is 2.04. The van der Waals surface area contributed by atoms with Gasteiger partial charge in [-0.1, -0.05) is 0 Å². The Labute approximate surface area is 98.5 Å². The number of aromatic nitrogens is 4. The standard InChI is InChI=1S/C11H13N5O/c1-8(17)16-6-5-15-7-10(12-11(15)16)9-3-4-14(2)13-9/h3-4,7H,5-6H2,1-2H3. The Morgan fingerprint density at radius 3 is 2.82 bits per heavy atom. The summed E-state index contributed by atoms with van der Waals surface area (Å²) < 4.78 is 3.73. The van der Waals surface area contributed by atoms with E-state index in [-0.39, 0.29) is 5.91 Å². The molecule has 0 aromatic carbocycles. The lowest BCUT2D eigenvalue weighted by molar-refractivity contribution is -0.116. The number of rotatable bonds is 1. The second kappa shape index (κ2) is 3.44. The number of carbonyl (C=O) groups is 1. The van der Waals surface area contributed by atoms with E-state index in [2.05, 4.69) is 10.1 Å². The van der Waals surface area contributed by atoms with Gasteiger partial charge in [-0.15, -0.1) is 0 Å². The molecule has 0 unspecified atom stereocenters. The Bertz CT molecular complexity index is 582. The highest BCUT2D eigenvalue weighted by molar-refractivity contribution is 5.90. The Balaban J connectivity index is 2.01. The molecule has 6 heteroatoms. The largest absolute Gasteiger partial charge is 0.314 e. The lowest BCUT2D eigenvalue weighted by Gasteiger charge is -2.09. The number of anilines is 1. The third-order valence-corrected chi connectivity index (χ3v) is 2.92. The first-order valence-corrected chi connectivity index (χ1v) is 5.50. The highest BCUT2D eigenvalue weighted by atomic mass is 16.2. The van der Waals surface area contributed by atoms with Gasteiger partial charge in [0.15, 0.2) is 0 Å². The van der Waals surface area contributed by atoms with Gasteiger partial charge in [0.1, 0.15) is 11.4 Å². The van der Waals surface area contributed by atoms with Crippen molar-refractivity contribution in [2.75, 3.05) is 11.4 Å². The van der Waals surface area contributed by atoms with Gasteiger partial charge in [-0.25, -0.2) is 4.98 Å². The molecule has 3 heterocycles. The van der Waals surface area contributed by atoms with E-state index in [1.54, 1.807) is 16.5 Å². The molecule has 6 nitrogen and oxygen atoms in total. The van der Waals surface area contributed by atoms with Crippen LogP contribution in [0.4, 0.5) is 5.95 Å². The number of carbonyl (C=O) groups excluding carboxylic acids is 1. The first-order valence-electron chi connectivity index (χ1n) is 5.50. The smallest absolute Gasteiger partial charge is 0.226 e. The van der Waals surface area contributed by atoms with Crippen LogP contribution in [0, 0.1) is 0 Å². The molecule has 0 aliphatic carbocycles. The number of hydrogen-bond acceptors (Lipinski definition) is 3. The van der Waals surface area contributed by atoms with Gasteiger partial charge in [-0.2, -0.15) is 5.10 Å². The SMILES string of the molecule is CC(=O)N1CCn2cc(-c3ccn(C)n3)nc21.